The summed E-state index contributed by atoms with van der Waals surface area (Å²) in [5.41, 5.74) is 6.84. The Morgan fingerprint density at radius 3 is 3.18 bits per heavy atom. The standard InChI is InChI=1S/C13H19N3O/c14-13-5-4-10(8-15-13)9-16-6-7-17-12-3-1-2-11(12)16/h4-5,8,11-12H,1-3,6-7,9H2,(H2,14,15). The molecule has 1 saturated carbocycles. The van der Waals surface area contributed by atoms with Gasteiger partial charge in [0.25, 0.3) is 0 Å². The van der Waals surface area contributed by atoms with Crippen molar-refractivity contribution in [3.63, 3.8) is 0 Å². The molecule has 0 amide bonds. The summed E-state index contributed by atoms with van der Waals surface area (Å²) in [6.07, 6.45) is 6.14. The van der Waals surface area contributed by atoms with Crippen molar-refractivity contribution < 1.29 is 4.74 Å². The van der Waals surface area contributed by atoms with E-state index in [0.29, 0.717) is 18.0 Å². The molecule has 2 fully saturated rings. The number of nitrogen functional groups attached to an aromatic ring is 1. The van der Waals surface area contributed by atoms with Gasteiger partial charge in [-0.2, -0.15) is 0 Å². The molecular weight excluding hydrogens is 214 g/mol. The molecule has 4 nitrogen and oxygen atoms in total. The Bertz CT molecular complexity index is 379. The van der Waals surface area contributed by atoms with E-state index >= 15 is 0 Å². The Morgan fingerprint density at radius 2 is 2.35 bits per heavy atom. The fourth-order valence-electron chi connectivity index (χ4n) is 2.97. The van der Waals surface area contributed by atoms with Crippen LogP contribution in [0.3, 0.4) is 0 Å². The highest BCUT2D eigenvalue weighted by molar-refractivity contribution is 5.29. The zero-order valence-electron chi connectivity index (χ0n) is 10.0. The topological polar surface area (TPSA) is 51.4 Å². The minimum Gasteiger partial charge on any atom is -0.384 e. The van der Waals surface area contributed by atoms with E-state index in [9.17, 15) is 0 Å². The molecule has 3 rings (SSSR count). The molecule has 2 aliphatic rings. The number of hydrogen-bond donors (Lipinski definition) is 1. The predicted octanol–water partition coefficient (Wildman–Crippen LogP) is 1.42. The number of pyridine rings is 1. The number of fused-ring (bicyclic) bond motifs is 1. The molecule has 1 saturated heterocycles. The summed E-state index contributed by atoms with van der Waals surface area (Å²) < 4.78 is 5.81. The van der Waals surface area contributed by atoms with Gasteiger partial charge in [-0.3, -0.25) is 4.90 Å². The smallest absolute Gasteiger partial charge is 0.123 e. The summed E-state index contributed by atoms with van der Waals surface area (Å²) in [4.78, 5) is 6.69. The molecule has 2 unspecified atom stereocenters. The highest BCUT2D eigenvalue weighted by atomic mass is 16.5. The third-order valence-corrected chi connectivity index (χ3v) is 3.83. The second-order valence-electron chi connectivity index (χ2n) is 4.97. The maximum Gasteiger partial charge on any atom is 0.123 e. The molecule has 0 radical (unpaired) electrons. The lowest BCUT2D eigenvalue weighted by Gasteiger charge is -2.37. The number of nitrogens with zero attached hydrogens (tertiary/aromatic N) is 2. The van der Waals surface area contributed by atoms with Gasteiger partial charge in [0.15, 0.2) is 0 Å². The lowest BCUT2D eigenvalue weighted by Crippen LogP contribution is -2.47. The molecule has 17 heavy (non-hydrogen) atoms. The average Bonchev–Trinajstić information content (AvgIpc) is 2.81. The van der Waals surface area contributed by atoms with E-state index in [-0.39, 0.29) is 0 Å². The number of ether oxygens (including phenoxy) is 1. The lowest BCUT2D eigenvalue weighted by molar-refractivity contribution is -0.0588. The Hall–Kier alpha value is -1.13. The lowest BCUT2D eigenvalue weighted by atomic mass is 10.1. The van der Waals surface area contributed by atoms with Gasteiger partial charge in [-0.25, -0.2) is 4.98 Å². The monoisotopic (exact) mass is 233 g/mol. The molecule has 4 heteroatoms. The van der Waals surface area contributed by atoms with E-state index in [1.54, 1.807) is 0 Å². The molecule has 0 bridgehead atoms. The average molecular weight is 233 g/mol. The number of morpholine rings is 1. The van der Waals surface area contributed by atoms with Crippen LogP contribution in [0.2, 0.25) is 0 Å². The summed E-state index contributed by atoms with van der Waals surface area (Å²) >= 11 is 0. The molecule has 0 spiro atoms. The highest BCUT2D eigenvalue weighted by Gasteiger charge is 2.35. The summed E-state index contributed by atoms with van der Waals surface area (Å²) in [6.45, 7) is 2.87. The van der Waals surface area contributed by atoms with E-state index in [2.05, 4.69) is 16.0 Å². The number of rotatable bonds is 2. The van der Waals surface area contributed by atoms with Crippen LogP contribution in [-0.4, -0.2) is 35.2 Å². The van der Waals surface area contributed by atoms with Crippen molar-refractivity contribution in [2.45, 2.75) is 38.0 Å². The first-order chi connectivity index (χ1) is 8.33. The van der Waals surface area contributed by atoms with Gasteiger partial charge in [0.05, 0.1) is 12.7 Å². The van der Waals surface area contributed by atoms with Gasteiger partial charge < -0.3 is 10.5 Å². The fraction of sp³-hybridized carbons (Fsp3) is 0.615. The molecular formula is C13H19N3O. The van der Waals surface area contributed by atoms with Crippen LogP contribution in [0.25, 0.3) is 0 Å². The Labute approximate surface area is 102 Å². The van der Waals surface area contributed by atoms with E-state index in [1.165, 1.54) is 24.8 Å². The highest BCUT2D eigenvalue weighted by Crippen LogP contribution is 2.30. The van der Waals surface area contributed by atoms with E-state index in [0.717, 1.165) is 19.7 Å². The summed E-state index contributed by atoms with van der Waals surface area (Å²) in [6, 6.07) is 4.56. The van der Waals surface area contributed by atoms with Crippen molar-refractivity contribution in [2.75, 3.05) is 18.9 Å². The Balaban J connectivity index is 1.69. The number of nitrogens with two attached hydrogens (primary N) is 1. The van der Waals surface area contributed by atoms with Crippen LogP contribution < -0.4 is 5.73 Å². The Morgan fingerprint density at radius 1 is 1.41 bits per heavy atom. The van der Waals surface area contributed by atoms with Gasteiger partial charge in [0, 0.05) is 25.3 Å². The van der Waals surface area contributed by atoms with Crippen molar-refractivity contribution in [3.05, 3.63) is 23.9 Å². The van der Waals surface area contributed by atoms with Gasteiger partial charge in [-0.05, 0) is 30.9 Å². The van der Waals surface area contributed by atoms with Crippen molar-refractivity contribution in [3.8, 4) is 0 Å². The van der Waals surface area contributed by atoms with E-state index in [4.69, 9.17) is 10.5 Å². The first-order valence-corrected chi connectivity index (χ1v) is 6.39. The van der Waals surface area contributed by atoms with Crippen molar-refractivity contribution >= 4 is 5.82 Å². The van der Waals surface area contributed by atoms with Crippen LogP contribution in [0, 0.1) is 0 Å². The summed E-state index contributed by atoms with van der Waals surface area (Å²) in [5.74, 6) is 0.592. The van der Waals surface area contributed by atoms with Crippen LogP contribution in [-0.2, 0) is 11.3 Å². The van der Waals surface area contributed by atoms with Crippen LogP contribution in [0.1, 0.15) is 24.8 Å². The van der Waals surface area contributed by atoms with Crippen molar-refractivity contribution in [1.29, 1.82) is 0 Å². The number of aromatic nitrogens is 1. The van der Waals surface area contributed by atoms with Crippen molar-refractivity contribution in [1.82, 2.24) is 9.88 Å². The molecule has 0 aromatic carbocycles. The van der Waals surface area contributed by atoms with Gasteiger partial charge in [-0.1, -0.05) is 6.07 Å². The number of hydrogen-bond acceptors (Lipinski definition) is 4. The summed E-state index contributed by atoms with van der Waals surface area (Å²) in [5, 5.41) is 0. The largest absolute Gasteiger partial charge is 0.384 e. The summed E-state index contributed by atoms with van der Waals surface area (Å²) in [7, 11) is 0. The van der Waals surface area contributed by atoms with Gasteiger partial charge >= 0.3 is 0 Å². The van der Waals surface area contributed by atoms with E-state index in [1.807, 2.05) is 12.3 Å². The SMILES string of the molecule is Nc1ccc(CN2CCOC3CCCC32)cn1. The fourth-order valence-corrected chi connectivity index (χ4v) is 2.97. The second-order valence-corrected chi connectivity index (χ2v) is 4.97. The van der Waals surface area contributed by atoms with Crippen LogP contribution in [0.4, 0.5) is 5.82 Å². The molecule has 92 valence electrons. The second kappa shape index (κ2) is 4.63. The third kappa shape index (κ3) is 2.28. The van der Waals surface area contributed by atoms with Gasteiger partial charge in [-0.15, -0.1) is 0 Å². The minimum atomic E-state index is 0.463. The molecule has 2 atom stereocenters. The van der Waals surface area contributed by atoms with Gasteiger partial charge in [0.1, 0.15) is 5.82 Å². The van der Waals surface area contributed by atoms with E-state index < -0.39 is 0 Å². The quantitative estimate of drug-likeness (QED) is 0.839. The molecule has 1 aromatic rings. The molecule has 1 aromatic heterocycles. The molecule has 2 N–H and O–H groups in total. The Kier molecular flexibility index (Phi) is 2.99. The molecule has 1 aliphatic carbocycles. The zero-order chi connectivity index (χ0) is 11.7. The zero-order valence-corrected chi connectivity index (χ0v) is 10.0. The maximum atomic E-state index is 5.81. The third-order valence-electron chi connectivity index (χ3n) is 3.83. The predicted molar refractivity (Wildman–Crippen MR) is 66.4 cm³/mol. The van der Waals surface area contributed by atoms with Crippen LogP contribution in [0.15, 0.2) is 18.3 Å². The van der Waals surface area contributed by atoms with Gasteiger partial charge in [0.2, 0.25) is 0 Å². The normalized spacial score (nSPS) is 29.2. The van der Waals surface area contributed by atoms with Crippen LogP contribution in [0.5, 0.6) is 0 Å². The first kappa shape index (κ1) is 11.0. The van der Waals surface area contributed by atoms with Crippen LogP contribution >= 0.6 is 0 Å². The molecule has 2 heterocycles. The maximum absolute atomic E-state index is 5.81. The number of anilines is 1. The first-order valence-electron chi connectivity index (χ1n) is 6.39. The minimum absolute atomic E-state index is 0.463. The van der Waals surface area contributed by atoms with Crippen molar-refractivity contribution in [2.24, 2.45) is 0 Å². The molecule has 1 aliphatic heterocycles.